The van der Waals surface area contributed by atoms with Crippen molar-refractivity contribution in [1.29, 1.82) is 0 Å². The Morgan fingerprint density at radius 3 is 2.71 bits per heavy atom. The van der Waals surface area contributed by atoms with Crippen molar-refractivity contribution in [2.24, 2.45) is 11.7 Å². The summed E-state index contributed by atoms with van der Waals surface area (Å²) in [6.45, 7) is 2.38. The third-order valence-corrected chi connectivity index (χ3v) is 4.33. The van der Waals surface area contributed by atoms with E-state index in [1.807, 2.05) is 0 Å². The summed E-state index contributed by atoms with van der Waals surface area (Å²) in [5.74, 6) is 0.976. The second-order valence-electron chi connectivity index (χ2n) is 5.74. The lowest BCUT2D eigenvalue weighted by Gasteiger charge is -2.29. The first-order chi connectivity index (χ1) is 8.31. The van der Waals surface area contributed by atoms with Gasteiger partial charge in [0.2, 0.25) is 0 Å². The Hall–Kier alpha value is -0.860. The van der Waals surface area contributed by atoms with Gasteiger partial charge in [0.05, 0.1) is 0 Å². The predicted molar refractivity (Wildman–Crippen MR) is 70.8 cm³/mol. The van der Waals surface area contributed by atoms with Crippen molar-refractivity contribution < 1.29 is 0 Å². The molecule has 1 aromatic carbocycles. The molecule has 1 saturated carbocycles. The van der Waals surface area contributed by atoms with Crippen LogP contribution in [0.25, 0.3) is 0 Å². The first-order valence-corrected chi connectivity index (χ1v) is 6.85. The van der Waals surface area contributed by atoms with Gasteiger partial charge < -0.3 is 5.73 Å². The van der Waals surface area contributed by atoms with Crippen LogP contribution in [0.5, 0.6) is 0 Å². The Labute approximate surface area is 104 Å². The van der Waals surface area contributed by atoms with Gasteiger partial charge >= 0.3 is 0 Å². The molecule has 0 amide bonds. The molecule has 2 bridgehead atoms. The lowest BCUT2D eigenvalue weighted by Crippen LogP contribution is -2.42. The molecule has 1 heterocycles. The molecule has 2 aliphatic rings. The fourth-order valence-corrected chi connectivity index (χ4v) is 3.53. The largest absolute Gasteiger partial charge is 0.326 e. The van der Waals surface area contributed by atoms with Crippen molar-refractivity contribution >= 4 is 0 Å². The van der Waals surface area contributed by atoms with Gasteiger partial charge in [-0.3, -0.25) is 4.90 Å². The highest BCUT2D eigenvalue weighted by Crippen LogP contribution is 2.37. The SMILES string of the molecule is NC(Cc1ccccc1)CN1CC2CCC1C2. The zero-order valence-corrected chi connectivity index (χ0v) is 10.4. The van der Waals surface area contributed by atoms with Gasteiger partial charge in [0.25, 0.3) is 0 Å². The molecule has 3 atom stereocenters. The number of piperidine rings is 1. The summed E-state index contributed by atoms with van der Waals surface area (Å²) in [6, 6.07) is 11.7. The lowest BCUT2D eigenvalue weighted by molar-refractivity contribution is 0.201. The van der Waals surface area contributed by atoms with Crippen LogP contribution in [0.3, 0.4) is 0 Å². The van der Waals surface area contributed by atoms with E-state index in [1.165, 1.54) is 31.4 Å². The molecule has 3 rings (SSSR count). The minimum Gasteiger partial charge on any atom is -0.326 e. The zero-order valence-electron chi connectivity index (χ0n) is 10.4. The molecule has 2 N–H and O–H groups in total. The molecule has 1 saturated heterocycles. The highest BCUT2D eigenvalue weighted by atomic mass is 15.2. The van der Waals surface area contributed by atoms with E-state index in [1.54, 1.807) is 0 Å². The van der Waals surface area contributed by atoms with E-state index in [9.17, 15) is 0 Å². The number of nitrogens with zero attached hydrogens (tertiary/aromatic N) is 1. The van der Waals surface area contributed by atoms with E-state index >= 15 is 0 Å². The molecular weight excluding hydrogens is 208 g/mol. The third-order valence-electron chi connectivity index (χ3n) is 4.33. The molecular formula is C15H22N2. The van der Waals surface area contributed by atoms with Crippen molar-refractivity contribution in [2.75, 3.05) is 13.1 Å². The third kappa shape index (κ3) is 2.53. The molecule has 1 aliphatic carbocycles. The topological polar surface area (TPSA) is 29.3 Å². The standard InChI is InChI=1S/C15H22N2/c16-14(8-12-4-2-1-3-5-12)11-17-10-13-6-7-15(17)9-13/h1-5,13-15H,6-11,16H2. The summed E-state index contributed by atoms with van der Waals surface area (Å²) in [4.78, 5) is 2.63. The van der Waals surface area contributed by atoms with Gasteiger partial charge in [-0.2, -0.15) is 0 Å². The molecule has 2 fully saturated rings. The van der Waals surface area contributed by atoms with Crippen LogP contribution >= 0.6 is 0 Å². The molecule has 92 valence electrons. The highest BCUT2D eigenvalue weighted by Gasteiger charge is 2.37. The fraction of sp³-hybridized carbons (Fsp3) is 0.600. The number of rotatable bonds is 4. The van der Waals surface area contributed by atoms with E-state index in [-0.39, 0.29) is 6.04 Å². The Bertz CT molecular complexity index is 362. The van der Waals surface area contributed by atoms with E-state index in [0.29, 0.717) is 0 Å². The first-order valence-electron chi connectivity index (χ1n) is 6.85. The average molecular weight is 230 g/mol. The van der Waals surface area contributed by atoms with Crippen molar-refractivity contribution in [3.8, 4) is 0 Å². The summed E-state index contributed by atoms with van der Waals surface area (Å²) in [7, 11) is 0. The number of benzene rings is 1. The summed E-state index contributed by atoms with van der Waals surface area (Å²) in [5.41, 5.74) is 7.64. The summed E-state index contributed by atoms with van der Waals surface area (Å²) >= 11 is 0. The minimum atomic E-state index is 0.289. The zero-order chi connectivity index (χ0) is 11.7. The Morgan fingerprint density at radius 2 is 2.06 bits per heavy atom. The van der Waals surface area contributed by atoms with Crippen LogP contribution in [0.15, 0.2) is 30.3 Å². The van der Waals surface area contributed by atoms with Crippen LogP contribution in [-0.4, -0.2) is 30.1 Å². The summed E-state index contributed by atoms with van der Waals surface area (Å²) in [6.07, 6.45) is 5.30. The first kappa shape index (κ1) is 11.2. The van der Waals surface area contributed by atoms with Gasteiger partial charge in [0.1, 0.15) is 0 Å². The van der Waals surface area contributed by atoms with Crippen LogP contribution in [-0.2, 0) is 6.42 Å². The minimum absolute atomic E-state index is 0.289. The Morgan fingerprint density at radius 1 is 1.24 bits per heavy atom. The number of nitrogens with two attached hydrogens (primary N) is 1. The quantitative estimate of drug-likeness (QED) is 0.857. The smallest absolute Gasteiger partial charge is 0.0208 e. The van der Waals surface area contributed by atoms with Gasteiger partial charge in [0.15, 0.2) is 0 Å². The molecule has 1 aliphatic heterocycles. The molecule has 1 aromatic rings. The van der Waals surface area contributed by atoms with E-state index < -0.39 is 0 Å². The van der Waals surface area contributed by atoms with Crippen LogP contribution in [0.4, 0.5) is 0 Å². The molecule has 2 nitrogen and oxygen atoms in total. The molecule has 2 heteroatoms. The number of hydrogen-bond donors (Lipinski definition) is 1. The van der Waals surface area contributed by atoms with Gasteiger partial charge in [-0.15, -0.1) is 0 Å². The maximum absolute atomic E-state index is 6.28. The van der Waals surface area contributed by atoms with Crippen molar-refractivity contribution in [2.45, 2.75) is 37.8 Å². The molecule has 0 aromatic heterocycles. The van der Waals surface area contributed by atoms with Crippen molar-refractivity contribution in [3.63, 3.8) is 0 Å². The maximum atomic E-state index is 6.28. The second kappa shape index (κ2) is 4.79. The number of likely N-dealkylation sites (tertiary alicyclic amines) is 1. The molecule has 3 unspecified atom stereocenters. The van der Waals surface area contributed by atoms with Gasteiger partial charge in [-0.25, -0.2) is 0 Å². The van der Waals surface area contributed by atoms with E-state index in [2.05, 4.69) is 35.2 Å². The summed E-state index contributed by atoms with van der Waals surface area (Å²) < 4.78 is 0. The van der Waals surface area contributed by atoms with Crippen molar-refractivity contribution in [1.82, 2.24) is 4.90 Å². The Kier molecular flexibility index (Phi) is 3.17. The molecule has 0 radical (unpaired) electrons. The average Bonchev–Trinajstić information content (AvgIpc) is 2.92. The van der Waals surface area contributed by atoms with E-state index in [0.717, 1.165) is 24.9 Å². The van der Waals surface area contributed by atoms with Crippen LogP contribution in [0.1, 0.15) is 24.8 Å². The second-order valence-corrected chi connectivity index (χ2v) is 5.74. The van der Waals surface area contributed by atoms with Crippen LogP contribution in [0.2, 0.25) is 0 Å². The van der Waals surface area contributed by atoms with Gasteiger partial charge in [-0.1, -0.05) is 30.3 Å². The van der Waals surface area contributed by atoms with Gasteiger partial charge in [-0.05, 0) is 37.2 Å². The molecule has 0 spiro atoms. The van der Waals surface area contributed by atoms with Gasteiger partial charge in [0, 0.05) is 25.2 Å². The van der Waals surface area contributed by atoms with Crippen LogP contribution < -0.4 is 5.73 Å². The van der Waals surface area contributed by atoms with Crippen LogP contribution in [0, 0.1) is 5.92 Å². The summed E-state index contributed by atoms with van der Waals surface area (Å²) in [5, 5.41) is 0. The van der Waals surface area contributed by atoms with Crippen molar-refractivity contribution in [3.05, 3.63) is 35.9 Å². The fourth-order valence-electron chi connectivity index (χ4n) is 3.53. The highest BCUT2D eigenvalue weighted by molar-refractivity contribution is 5.16. The maximum Gasteiger partial charge on any atom is 0.0208 e. The number of hydrogen-bond acceptors (Lipinski definition) is 2. The normalized spacial score (nSPS) is 29.7. The lowest BCUT2D eigenvalue weighted by atomic mass is 10.0. The molecule has 17 heavy (non-hydrogen) atoms. The van der Waals surface area contributed by atoms with E-state index in [4.69, 9.17) is 5.73 Å². The Balaban J connectivity index is 1.52. The predicted octanol–water partition coefficient (Wildman–Crippen LogP) is 2.04. The monoisotopic (exact) mass is 230 g/mol. The number of fused-ring (bicyclic) bond motifs is 2.